The van der Waals surface area contributed by atoms with Crippen LogP contribution in [0, 0.1) is 16.7 Å². The lowest BCUT2D eigenvalue weighted by atomic mass is 9.84. The maximum atomic E-state index is 12.9. The zero-order valence-corrected chi connectivity index (χ0v) is 17.9. The van der Waals surface area contributed by atoms with Crippen molar-refractivity contribution in [2.75, 3.05) is 18.4 Å². The number of hydrogen-bond donors (Lipinski definition) is 2. The molecule has 2 fully saturated rings. The van der Waals surface area contributed by atoms with Crippen LogP contribution in [0.4, 0.5) is 5.82 Å². The Labute approximate surface area is 176 Å². The predicted molar refractivity (Wildman–Crippen MR) is 114 cm³/mol. The highest BCUT2D eigenvalue weighted by Crippen LogP contribution is 2.46. The first-order valence-electron chi connectivity index (χ1n) is 10.6. The van der Waals surface area contributed by atoms with E-state index in [1.807, 2.05) is 12.3 Å². The van der Waals surface area contributed by atoms with Crippen LogP contribution in [0.5, 0.6) is 0 Å². The van der Waals surface area contributed by atoms with Crippen molar-refractivity contribution in [3.63, 3.8) is 0 Å². The van der Waals surface area contributed by atoms with E-state index in [1.54, 1.807) is 6.20 Å². The smallest absolute Gasteiger partial charge is 0.228 e. The van der Waals surface area contributed by atoms with E-state index in [-0.39, 0.29) is 17.2 Å². The lowest BCUT2D eigenvalue weighted by molar-refractivity contribution is -0.119. The quantitative estimate of drug-likeness (QED) is 0.800. The third kappa shape index (κ3) is 3.46. The summed E-state index contributed by atoms with van der Waals surface area (Å²) in [5.74, 6) is 0.713. The van der Waals surface area contributed by atoms with Crippen LogP contribution >= 0.6 is 11.6 Å². The van der Waals surface area contributed by atoms with E-state index in [9.17, 15) is 4.79 Å². The van der Waals surface area contributed by atoms with Gasteiger partial charge in [0.2, 0.25) is 5.91 Å². The molecule has 1 aliphatic carbocycles. The van der Waals surface area contributed by atoms with Crippen molar-refractivity contribution in [3.8, 4) is 11.1 Å². The summed E-state index contributed by atoms with van der Waals surface area (Å²) in [5.41, 5.74) is 3.65. The fourth-order valence-electron chi connectivity index (χ4n) is 5.43. The van der Waals surface area contributed by atoms with Gasteiger partial charge in [-0.3, -0.25) is 9.48 Å². The summed E-state index contributed by atoms with van der Waals surface area (Å²) in [6, 6.07) is 1.89. The van der Waals surface area contributed by atoms with Crippen molar-refractivity contribution in [2.45, 2.75) is 52.5 Å². The Bertz CT molecular complexity index is 960. The summed E-state index contributed by atoms with van der Waals surface area (Å²) in [7, 11) is 0. The number of anilines is 1. The van der Waals surface area contributed by atoms with E-state index in [2.05, 4.69) is 39.2 Å². The molecular weight excluding hydrogens is 386 g/mol. The minimum Gasteiger partial charge on any atom is -0.316 e. The molecule has 0 aromatic carbocycles. The number of halogens is 1. The zero-order chi connectivity index (χ0) is 20.2. The molecule has 3 aliphatic rings. The summed E-state index contributed by atoms with van der Waals surface area (Å²) in [6.07, 6.45) is 8.72. The molecule has 29 heavy (non-hydrogen) atoms. The van der Waals surface area contributed by atoms with E-state index < -0.39 is 0 Å². The van der Waals surface area contributed by atoms with E-state index in [0.29, 0.717) is 16.3 Å². The van der Waals surface area contributed by atoms with Gasteiger partial charge in [0.05, 0.1) is 11.2 Å². The van der Waals surface area contributed by atoms with Crippen molar-refractivity contribution in [1.29, 1.82) is 0 Å². The van der Waals surface area contributed by atoms with Gasteiger partial charge in [-0.25, -0.2) is 4.98 Å². The molecule has 5 rings (SSSR count). The third-order valence-corrected chi connectivity index (χ3v) is 7.28. The lowest BCUT2D eigenvalue weighted by Crippen LogP contribution is -2.25. The molecule has 2 atom stereocenters. The van der Waals surface area contributed by atoms with Crippen LogP contribution in [0.3, 0.4) is 0 Å². The van der Waals surface area contributed by atoms with Crippen molar-refractivity contribution in [3.05, 3.63) is 29.2 Å². The van der Waals surface area contributed by atoms with Crippen molar-refractivity contribution in [1.82, 2.24) is 20.1 Å². The second-order valence-corrected chi connectivity index (χ2v) is 10.3. The predicted octanol–water partition coefficient (Wildman–Crippen LogP) is 3.90. The molecule has 2 aromatic rings. The second-order valence-electron chi connectivity index (χ2n) is 9.91. The summed E-state index contributed by atoms with van der Waals surface area (Å²) in [5, 5.41) is 11.6. The van der Waals surface area contributed by atoms with E-state index >= 15 is 0 Å². The molecule has 2 aliphatic heterocycles. The average molecular weight is 414 g/mol. The molecular formula is C22H28ClN5O. The first-order chi connectivity index (χ1) is 13.8. The summed E-state index contributed by atoms with van der Waals surface area (Å²) >= 11 is 6.49. The van der Waals surface area contributed by atoms with Gasteiger partial charge >= 0.3 is 0 Å². The summed E-state index contributed by atoms with van der Waals surface area (Å²) in [4.78, 5) is 17.3. The molecule has 6 nitrogen and oxygen atoms in total. The number of rotatable bonds is 3. The molecule has 1 saturated carbocycles. The maximum absolute atomic E-state index is 12.9. The van der Waals surface area contributed by atoms with Gasteiger partial charge in [-0.05, 0) is 55.5 Å². The molecule has 2 N–H and O–H groups in total. The van der Waals surface area contributed by atoms with Crippen LogP contribution in [0.1, 0.15) is 45.2 Å². The Balaban J connectivity index is 1.35. The fraction of sp³-hybridized carbons (Fsp3) is 0.591. The molecule has 0 bridgehead atoms. The molecule has 2 unspecified atom stereocenters. The summed E-state index contributed by atoms with van der Waals surface area (Å²) < 4.78 is 2.07. The number of pyridine rings is 1. The van der Waals surface area contributed by atoms with Gasteiger partial charge < -0.3 is 10.6 Å². The highest BCUT2D eigenvalue weighted by atomic mass is 35.5. The van der Waals surface area contributed by atoms with E-state index in [4.69, 9.17) is 11.6 Å². The molecule has 2 aromatic heterocycles. The molecule has 4 heterocycles. The van der Waals surface area contributed by atoms with Crippen LogP contribution in [0.15, 0.2) is 18.5 Å². The molecule has 0 radical (unpaired) electrons. The van der Waals surface area contributed by atoms with Gasteiger partial charge in [-0.2, -0.15) is 5.10 Å². The van der Waals surface area contributed by atoms with Crippen molar-refractivity contribution >= 4 is 23.3 Å². The number of hydrogen-bond acceptors (Lipinski definition) is 4. The molecule has 1 saturated heterocycles. The first kappa shape index (κ1) is 19.1. The number of carbonyl (C=O) groups is 1. The molecule has 7 heteroatoms. The Kier molecular flexibility index (Phi) is 4.48. The minimum atomic E-state index is 0.0667. The van der Waals surface area contributed by atoms with Crippen LogP contribution in [0.2, 0.25) is 5.02 Å². The number of aromatic nitrogens is 3. The zero-order valence-electron chi connectivity index (χ0n) is 17.1. The Morgan fingerprint density at radius 2 is 2.17 bits per heavy atom. The molecule has 154 valence electrons. The number of nitrogens with zero attached hydrogens (tertiary/aromatic N) is 3. The first-order valence-corrected chi connectivity index (χ1v) is 10.9. The normalized spacial score (nSPS) is 27.5. The molecule has 1 amide bonds. The van der Waals surface area contributed by atoms with Gasteiger partial charge in [0.25, 0.3) is 0 Å². The Hall–Kier alpha value is -1.92. The molecule has 1 spiro atoms. The van der Waals surface area contributed by atoms with Crippen LogP contribution in [-0.2, 0) is 17.8 Å². The number of fused-ring (bicyclic) bond motifs is 1. The van der Waals surface area contributed by atoms with E-state index in [0.717, 1.165) is 56.4 Å². The number of amides is 1. The Morgan fingerprint density at radius 1 is 1.31 bits per heavy atom. The minimum absolute atomic E-state index is 0.0667. The lowest BCUT2D eigenvalue weighted by Gasteiger charge is -2.21. The van der Waals surface area contributed by atoms with Crippen LogP contribution < -0.4 is 10.6 Å². The second kappa shape index (κ2) is 6.81. The van der Waals surface area contributed by atoms with Gasteiger partial charge in [0.15, 0.2) is 0 Å². The van der Waals surface area contributed by atoms with Gasteiger partial charge in [0, 0.05) is 42.0 Å². The van der Waals surface area contributed by atoms with Crippen LogP contribution in [-0.4, -0.2) is 33.8 Å². The van der Waals surface area contributed by atoms with Gasteiger partial charge in [-0.15, -0.1) is 0 Å². The van der Waals surface area contributed by atoms with Gasteiger partial charge in [-0.1, -0.05) is 25.4 Å². The number of nitrogens with one attached hydrogen (secondary N) is 2. The van der Waals surface area contributed by atoms with E-state index in [1.165, 1.54) is 12.1 Å². The average Bonchev–Trinajstić information content (AvgIpc) is 3.43. The highest BCUT2D eigenvalue weighted by Gasteiger charge is 2.43. The Morgan fingerprint density at radius 3 is 2.97 bits per heavy atom. The standard InChI is InChI=1S/C22H28ClN5O/c1-21(2)9-18-16(10-26-28(18)13-21)15-7-19(25-11-17(15)23)27-20(29)14-3-4-22(8-14)5-6-24-12-22/h7,10-11,14,24H,3-6,8-9,12-13H2,1-2H3,(H,25,27,29). The maximum Gasteiger partial charge on any atom is 0.228 e. The van der Waals surface area contributed by atoms with Crippen molar-refractivity contribution in [2.24, 2.45) is 16.7 Å². The third-order valence-electron chi connectivity index (χ3n) is 6.97. The number of carbonyl (C=O) groups excluding carboxylic acids is 1. The van der Waals surface area contributed by atoms with Gasteiger partial charge in [0.1, 0.15) is 5.82 Å². The SMILES string of the molecule is CC1(C)Cc2c(-c3cc(NC(=O)C4CCC5(CCNC5)C4)ncc3Cl)cnn2C1. The van der Waals surface area contributed by atoms with Crippen LogP contribution in [0.25, 0.3) is 11.1 Å². The fourth-order valence-corrected chi connectivity index (χ4v) is 5.63. The monoisotopic (exact) mass is 413 g/mol. The summed E-state index contributed by atoms with van der Waals surface area (Å²) in [6.45, 7) is 7.53. The van der Waals surface area contributed by atoms with Crippen molar-refractivity contribution < 1.29 is 4.79 Å². The largest absolute Gasteiger partial charge is 0.316 e. The topological polar surface area (TPSA) is 71.8 Å². The highest BCUT2D eigenvalue weighted by molar-refractivity contribution is 6.33.